The third-order valence-electron chi connectivity index (χ3n) is 5.66. The molecule has 1 fully saturated rings. The first kappa shape index (κ1) is 20.8. The highest BCUT2D eigenvalue weighted by atomic mass is 127. The van der Waals surface area contributed by atoms with Crippen molar-refractivity contribution in [2.75, 3.05) is 38.7 Å². The molecule has 2 N–H and O–H groups in total. The lowest BCUT2D eigenvalue weighted by Crippen LogP contribution is -2.46. The van der Waals surface area contributed by atoms with Crippen LogP contribution in [0.5, 0.6) is 5.75 Å². The number of rotatable bonds is 5. The van der Waals surface area contributed by atoms with Gasteiger partial charge in [0.25, 0.3) is 0 Å². The quantitative estimate of drug-likeness (QED) is 0.382. The van der Waals surface area contributed by atoms with Crippen LogP contribution in [0.3, 0.4) is 0 Å². The molecule has 4 rings (SSSR count). The molecule has 0 bridgehead atoms. The average Bonchev–Trinajstić information content (AvgIpc) is 3.16. The van der Waals surface area contributed by atoms with Gasteiger partial charge in [-0.2, -0.15) is 0 Å². The lowest BCUT2D eigenvalue weighted by atomic mass is 9.78. The smallest absolute Gasteiger partial charge is 0.191 e. The number of guanidine groups is 1. The SMILES string of the molecule is CN=C(NCC1Cc2ccccc21)NC1CCN(c2ccccc2OC)C1.I. The molecule has 2 atom stereocenters. The van der Waals surface area contributed by atoms with Gasteiger partial charge in [0, 0.05) is 38.6 Å². The van der Waals surface area contributed by atoms with Crippen molar-refractivity contribution in [1.29, 1.82) is 0 Å². The summed E-state index contributed by atoms with van der Waals surface area (Å²) in [6.07, 6.45) is 2.25. The fourth-order valence-electron chi connectivity index (χ4n) is 4.14. The van der Waals surface area contributed by atoms with E-state index in [-0.39, 0.29) is 24.0 Å². The lowest BCUT2D eigenvalue weighted by Gasteiger charge is -2.31. The third kappa shape index (κ3) is 4.37. The number of halogens is 1. The molecule has 0 saturated carbocycles. The number of benzene rings is 2. The van der Waals surface area contributed by atoms with Crippen LogP contribution in [0.4, 0.5) is 5.69 Å². The first-order chi connectivity index (χ1) is 13.3. The maximum absolute atomic E-state index is 5.51. The zero-order valence-corrected chi connectivity index (χ0v) is 18.9. The van der Waals surface area contributed by atoms with Gasteiger partial charge in [-0.15, -0.1) is 24.0 Å². The lowest BCUT2D eigenvalue weighted by molar-refractivity contribution is 0.415. The molecule has 28 heavy (non-hydrogen) atoms. The van der Waals surface area contributed by atoms with Crippen molar-refractivity contribution in [3.63, 3.8) is 0 Å². The largest absolute Gasteiger partial charge is 0.495 e. The van der Waals surface area contributed by atoms with Crippen molar-refractivity contribution in [3.8, 4) is 5.75 Å². The summed E-state index contributed by atoms with van der Waals surface area (Å²) in [5.74, 6) is 2.42. The number of ether oxygens (including phenoxy) is 1. The molecule has 0 spiro atoms. The summed E-state index contributed by atoms with van der Waals surface area (Å²) in [7, 11) is 3.58. The zero-order chi connectivity index (χ0) is 18.6. The van der Waals surface area contributed by atoms with Crippen LogP contribution in [-0.2, 0) is 6.42 Å². The predicted molar refractivity (Wildman–Crippen MR) is 126 cm³/mol. The first-order valence-electron chi connectivity index (χ1n) is 9.71. The first-order valence-corrected chi connectivity index (χ1v) is 9.71. The number of para-hydroxylation sites is 2. The second kappa shape index (κ2) is 9.49. The monoisotopic (exact) mass is 492 g/mol. The van der Waals surface area contributed by atoms with E-state index < -0.39 is 0 Å². The van der Waals surface area contributed by atoms with E-state index in [4.69, 9.17) is 4.74 Å². The second-order valence-electron chi connectivity index (χ2n) is 7.30. The summed E-state index contributed by atoms with van der Waals surface area (Å²) in [6.45, 7) is 2.90. The molecular formula is C22H29IN4O. The predicted octanol–water partition coefficient (Wildman–Crippen LogP) is 3.40. The minimum absolute atomic E-state index is 0. The van der Waals surface area contributed by atoms with E-state index in [1.807, 2.05) is 19.2 Å². The number of hydrogen-bond acceptors (Lipinski definition) is 3. The number of nitrogens with one attached hydrogen (secondary N) is 2. The van der Waals surface area contributed by atoms with E-state index >= 15 is 0 Å². The van der Waals surface area contributed by atoms with Crippen molar-refractivity contribution >= 4 is 35.6 Å². The van der Waals surface area contributed by atoms with Gasteiger partial charge >= 0.3 is 0 Å². The van der Waals surface area contributed by atoms with Gasteiger partial charge in [-0.1, -0.05) is 36.4 Å². The van der Waals surface area contributed by atoms with Crippen LogP contribution >= 0.6 is 24.0 Å². The summed E-state index contributed by atoms with van der Waals surface area (Å²) >= 11 is 0. The van der Waals surface area contributed by atoms with Crippen LogP contribution in [0.15, 0.2) is 53.5 Å². The van der Waals surface area contributed by atoms with Crippen LogP contribution < -0.4 is 20.3 Å². The molecule has 150 valence electrons. The molecule has 1 saturated heterocycles. The zero-order valence-electron chi connectivity index (χ0n) is 16.5. The number of anilines is 1. The van der Waals surface area contributed by atoms with Crippen LogP contribution in [0.25, 0.3) is 0 Å². The maximum Gasteiger partial charge on any atom is 0.191 e. The van der Waals surface area contributed by atoms with Crippen molar-refractivity contribution in [3.05, 3.63) is 59.7 Å². The highest BCUT2D eigenvalue weighted by Crippen LogP contribution is 2.34. The van der Waals surface area contributed by atoms with E-state index in [0.717, 1.165) is 44.2 Å². The molecule has 2 aromatic carbocycles. The highest BCUT2D eigenvalue weighted by Gasteiger charge is 2.27. The van der Waals surface area contributed by atoms with E-state index in [9.17, 15) is 0 Å². The molecule has 2 aromatic rings. The molecule has 1 heterocycles. The minimum Gasteiger partial charge on any atom is -0.495 e. The van der Waals surface area contributed by atoms with Crippen LogP contribution in [0.2, 0.25) is 0 Å². The Labute approximate surface area is 184 Å². The van der Waals surface area contributed by atoms with E-state index in [1.165, 1.54) is 16.8 Å². The van der Waals surface area contributed by atoms with E-state index in [2.05, 4.69) is 56.9 Å². The summed E-state index contributed by atoms with van der Waals surface area (Å²) in [5, 5.41) is 7.10. The van der Waals surface area contributed by atoms with Crippen molar-refractivity contribution in [2.24, 2.45) is 4.99 Å². The maximum atomic E-state index is 5.51. The van der Waals surface area contributed by atoms with Gasteiger partial charge in [-0.3, -0.25) is 4.99 Å². The highest BCUT2D eigenvalue weighted by molar-refractivity contribution is 14.0. The summed E-state index contributed by atoms with van der Waals surface area (Å²) in [5.41, 5.74) is 4.12. The Kier molecular flexibility index (Phi) is 7.04. The molecule has 1 aliphatic carbocycles. The number of nitrogens with zero attached hydrogens (tertiary/aromatic N) is 2. The van der Waals surface area contributed by atoms with Gasteiger partial charge in [-0.05, 0) is 36.1 Å². The molecule has 0 amide bonds. The molecule has 2 unspecified atom stereocenters. The fourth-order valence-corrected chi connectivity index (χ4v) is 4.14. The fraction of sp³-hybridized carbons (Fsp3) is 0.409. The Hall–Kier alpha value is -1.96. The van der Waals surface area contributed by atoms with Gasteiger partial charge in [-0.25, -0.2) is 0 Å². The van der Waals surface area contributed by atoms with Gasteiger partial charge in [0.05, 0.1) is 12.8 Å². The van der Waals surface area contributed by atoms with Crippen molar-refractivity contribution < 1.29 is 4.74 Å². The Morgan fingerprint density at radius 1 is 1.18 bits per heavy atom. The standard InChI is InChI=1S/C22H28N4O.HI/c1-23-22(24-14-17-13-16-7-3-4-8-19(16)17)25-18-11-12-26(15-18)20-9-5-6-10-21(20)27-2;/h3-10,17-18H,11-15H2,1-2H3,(H2,23,24,25);1H. The van der Waals surface area contributed by atoms with Gasteiger partial charge in [0.1, 0.15) is 5.75 Å². The topological polar surface area (TPSA) is 48.9 Å². The van der Waals surface area contributed by atoms with Gasteiger partial charge < -0.3 is 20.3 Å². The summed E-state index contributed by atoms with van der Waals surface area (Å²) in [6, 6.07) is 17.3. The third-order valence-corrected chi connectivity index (χ3v) is 5.66. The number of aliphatic imine (C=N–C) groups is 1. The van der Waals surface area contributed by atoms with Gasteiger partial charge in [0.2, 0.25) is 0 Å². The summed E-state index contributed by atoms with van der Waals surface area (Å²) in [4.78, 5) is 6.80. The number of hydrogen-bond donors (Lipinski definition) is 2. The van der Waals surface area contributed by atoms with Crippen LogP contribution in [0, 0.1) is 0 Å². The molecule has 0 radical (unpaired) electrons. The molecular weight excluding hydrogens is 463 g/mol. The van der Waals surface area contributed by atoms with Crippen molar-refractivity contribution in [2.45, 2.75) is 24.8 Å². The van der Waals surface area contributed by atoms with Crippen molar-refractivity contribution in [1.82, 2.24) is 10.6 Å². The minimum atomic E-state index is 0. The molecule has 1 aliphatic heterocycles. The second-order valence-corrected chi connectivity index (χ2v) is 7.30. The molecule has 2 aliphatic rings. The Balaban J connectivity index is 0.00000225. The average molecular weight is 492 g/mol. The Morgan fingerprint density at radius 3 is 2.75 bits per heavy atom. The summed E-state index contributed by atoms with van der Waals surface area (Å²) < 4.78 is 5.51. The van der Waals surface area contributed by atoms with E-state index in [0.29, 0.717) is 12.0 Å². The number of fused-ring (bicyclic) bond motifs is 1. The van der Waals surface area contributed by atoms with E-state index in [1.54, 1.807) is 7.11 Å². The van der Waals surface area contributed by atoms with Gasteiger partial charge in [0.15, 0.2) is 5.96 Å². The molecule has 6 heteroatoms. The van der Waals surface area contributed by atoms with Crippen LogP contribution in [0.1, 0.15) is 23.5 Å². The molecule has 0 aromatic heterocycles. The molecule has 5 nitrogen and oxygen atoms in total. The Bertz CT molecular complexity index is 826. The normalized spacial score (nSPS) is 20.6. The number of methoxy groups -OCH3 is 1. The van der Waals surface area contributed by atoms with Crippen LogP contribution in [-0.4, -0.2) is 45.8 Å². The Morgan fingerprint density at radius 2 is 1.96 bits per heavy atom.